The van der Waals surface area contributed by atoms with Gasteiger partial charge in [0.2, 0.25) is 5.91 Å². The Bertz CT molecular complexity index is 1340. The molecule has 3 amide bonds. The van der Waals surface area contributed by atoms with E-state index >= 15 is 0 Å². The van der Waals surface area contributed by atoms with E-state index in [1.807, 2.05) is 61.5 Å². The number of amides is 3. The Balaban J connectivity index is 1.51. The van der Waals surface area contributed by atoms with Crippen molar-refractivity contribution in [1.29, 1.82) is 0 Å². The van der Waals surface area contributed by atoms with E-state index in [1.165, 1.54) is 0 Å². The van der Waals surface area contributed by atoms with Crippen LogP contribution in [0, 0.1) is 6.92 Å². The number of aryl methyl sites for hydroxylation is 1. The van der Waals surface area contributed by atoms with Crippen LogP contribution in [0.2, 0.25) is 0 Å². The van der Waals surface area contributed by atoms with Gasteiger partial charge in [-0.05, 0) is 36.8 Å². The molecule has 0 bridgehead atoms. The van der Waals surface area contributed by atoms with E-state index in [-0.39, 0.29) is 19.0 Å². The summed E-state index contributed by atoms with van der Waals surface area (Å²) < 4.78 is 1.70. The number of nitrogens with one attached hydrogen (secondary N) is 2. The van der Waals surface area contributed by atoms with Crippen LogP contribution in [0.5, 0.6) is 0 Å². The normalized spacial score (nSPS) is 10.5. The summed E-state index contributed by atoms with van der Waals surface area (Å²) in [5.41, 5.74) is 10.1. The average molecular weight is 468 g/mol. The summed E-state index contributed by atoms with van der Waals surface area (Å²) in [5.74, 6) is -1.26. The second kappa shape index (κ2) is 10.5. The number of primary amides is 1. The molecular formula is C27H25N5O3. The molecule has 4 aromatic rings. The minimum Gasteiger partial charge on any atom is -0.368 e. The summed E-state index contributed by atoms with van der Waals surface area (Å²) >= 11 is 0. The molecule has 0 saturated heterocycles. The Labute approximate surface area is 202 Å². The Hall–Kier alpha value is -4.72. The molecule has 0 aliphatic rings. The molecule has 0 spiro atoms. The van der Waals surface area contributed by atoms with Crippen LogP contribution in [0.1, 0.15) is 31.8 Å². The van der Waals surface area contributed by atoms with Gasteiger partial charge in [-0.3, -0.25) is 14.4 Å². The Kier molecular flexibility index (Phi) is 7.02. The fraction of sp³-hybridized carbons (Fsp3) is 0.111. The van der Waals surface area contributed by atoms with Gasteiger partial charge in [0.25, 0.3) is 11.8 Å². The Morgan fingerprint density at radius 2 is 1.54 bits per heavy atom. The number of hydrogen-bond acceptors (Lipinski definition) is 4. The highest BCUT2D eigenvalue weighted by atomic mass is 16.2. The van der Waals surface area contributed by atoms with E-state index in [2.05, 4.69) is 10.6 Å². The molecule has 8 heteroatoms. The third-order valence-electron chi connectivity index (χ3n) is 5.40. The molecule has 1 aromatic heterocycles. The first-order valence-corrected chi connectivity index (χ1v) is 11.1. The highest BCUT2D eigenvalue weighted by Gasteiger charge is 2.18. The zero-order chi connectivity index (χ0) is 24.8. The summed E-state index contributed by atoms with van der Waals surface area (Å²) in [6, 6.07) is 24.2. The first-order valence-electron chi connectivity index (χ1n) is 11.1. The quantitative estimate of drug-likeness (QED) is 0.369. The lowest BCUT2D eigenvalue weighted by molar-refractivity contribution is -0.117. The lowest BCUT2D eigenvalue weighted by Gasteiger charge is -2.07. The summed E-state index contributed by atoms with van der Waals surface area (Å²) in [4.78, 5) is 36.0. The number of hydrogen-bond donors (Lipinski definition) is 3. The van der Waals surface area contributed by atoms with Crippen LogP contribution < -0.4 is 16.4 Å². The molecule has 0 radical (unpaired) electrons. The fourth-order valence-corrected chi connectivity index (χ4v) is 3.50. The van der Waals surface area contributed by atoms with Crippen molar-refractivity contribution in [1.82, 2.24) is 20.4 Å². The fourth-order valence-electron chi connectivity index (χ4n) is 3.50. The third-order valence-corrected chi connectivity index (χ3v) is 5.40. The van der Waals surface area contributed by atoms with Gasteiger partial charge in [-0.1, -0.05) is 60.2 Å². The molecule has 1 heterocycles. The van der Waals surface area contributed by atoms with Gasteiger partial charge in [-0.15, -0.1) is 0 Å². The van der Waals surface area contributed by atoms with E-state index in [0.717, 1.165) is 22.4 Å². The van der Waals surface area contributed by atoms with Crippen molar-refractivity contribution in [3.63, 3.8) is 0 Å². The topological polar surface area (TPSA) is 119 Å². The van der Waals surface area contributed by atoms with Crippen LogP contribution >= 0.6 is 0 Å². The van der Waals surface area contributed by atoms with E-state index < -0.39 is 11.8 Å². The van der Waals surface area contributed by atoms with Crippen molar-refractivity contribution in [2.45, 2.75) is 13.5 Å². The zero-order valence-corrected chi connectivity index (χ0v) is 19.2. The van der Waals surface area contributed by atoms with Gasteiger partial charge in [0, 0.05) is 23.9 Å². The summed E-state index contributed by atoms with van der Waals surface area (Å²) in [6.07, 6.45) is 1.73. The minimum absolute atomic E-state index is 0.226. The van der Waals surface area contributed by atoms with E-state index in [0.29, 0.717) is 16.8 Å². The van der Waals surface area contributed by atoms with Gasteiger partial charge in [0.15, 0.2) is 0 Å². The van der Waals surface area contributed by atoms with Crippen LogP contribution in [0.15, 0.2) is 85.1 Å². The van der Waals surface area contributed by atoms with Crippen molar-refractivity contribution in [2.75, 3.05) is 6.54 Å². The lowest BCUT2D eigenvalue weighted by Crippen LogP contribution is -2.33. The number of nitrogens with zero attached hydrogens (tertiary/aromatic N) is 2. The predicted molar refractivity (Wildman–Crippen MR) is 133 cm³/mol. The standard InChI is InChI=1S/C27H25N5O3/c1-18-7-13-22(14-8-18)32-17-23(25(31-32)20-5-3-2-4-6-20)27(35)29-15-19-9-11-21(12-10-19)26(34)30-16-24(28)33/h2-14,17H,15-16H2,1H3,(H2,28,33)(H,29,35)(H,30,34). The molecule has 0 unspecified atom stereocenters. The van der Waals surface area contributed by atoms with Crippen LogP contribution in [0.25, 0.3) is 16.9 Å². The Morgan fingerprint density at radius 3 is 2.20 bits per heavy atom. The molecular weight excluding hydrogens is 442 g/mol. The molecule has 35 heavy (non-hydrogen) atoms. The molecule has 0 saturated carbocycles. The highest BCUT2D eigenvalue weighted by Crippen LogP contribution is 2.24. The van der Waals surface area contributed by atoms with Crippen molar-refractivity contribution in [3.8, 4) is 16.9 Å². The summed E-state index contributed by atoms with van der Waals surface area (Å²) in [5, 5.41) is 10.1. The van der Waals surface area contributed by atoms with Crippen molar-refractivity contribution >= 4 is 17.7 Å². The zero-order valence-electron chi connectivity index (χ0n) is 19.2. The molecule has 8 nitrogen and oxygen atoms in total. The number of aromatic nitrogens is 2. The average Bonchev–Trinajstić information content (AvgIpc) is 3.33. The van der Waals surface area contributed by atoms with Crippen LogP contribution in [-0.4, -0.2) is 34.0 Å². The summed E-state index contributed by atoms with van der Waals surface area (Å²) in [7, 11) is 0. The number of benzene rings is 3. The van der Waals surface area contributed by atoms with Crippen molar-refractivity contribution < 1.29 is 14.4 Å². The molecule has 0 atom stereocenters. The molecule has 0 aliphatic carbocycles. The molecule has 0 aliphatic heterocycles. The van der Waals surface area contributed by atoms with Gasteiger partial charge >= 0.3 is 0 Å². The number of nitrogens with two attached hydrogens (primary N) is 1. The Morgan fingerprint density at radius 1 is 0.857 bits per heavy atom. The SMILES string of the molecule is Cc1ccc(-n2cc(C(=O)NCc3ccc(C(=O)NCC(N)=O)cc3)c(-c3ccccc3)n2)cc1. The second-order valence-corrected chi connectivity index (χ2v) is 8.07. The number of carbonyl (C=O) groups is 3. The van der Waals surface area contributed by atoms with Gasteiger partial charge in [-0.25, -0.2) is 4.68 Å². The molecule has 0 fully saturated rings. The third kappa shape index (κ3) is 5.80. The van der Waals surface area contributed by atoms with Gasteiger partial charge in [-0.2, -0.15) is 5.10 Å². The summed E-state index contributed by atoms with van der Waals surface area (Å²) in [6.45, 7) is 2.06. The van der Waals surface area contributed by atoms with E-state index in [4.69, 9.17) is 10.8 Å². The highest BCUT2D eigenvalue weighted by molar-refractivity contribution is 6.00. The largest absolute Gasteiger partial charge is 0.368 e. The van der Waals surface area contributed by atoms with Crippen molar-refractivity contribution in [3.05, 3.63) is 107 Å². The first-order chi connectivity index (χ1) is 16.9. The maximum absolute atomic E-state index is 13.2. The van der Waals surface area contributed by atoms with Gasteiger partial charge < -0.3 is 16.4 Å². The predicted octanol–water partition coefficient (Wildman–Crippen LogP) is 2.99. The van der Waals surface area contributed by atoms with E-state index in [1.54, 1.807) is 35.1 Å². The van der Waals surface area contributed by atoms with E-state index in [9.17, 15) is 14.4 Å². The molecule has 4 rings (SSSR count). The maximum atomic E-state index is 13.2. The molecule has 3 aromatic carbocycles. The van der Waals surface area contributed by atoms with Crippen molar-refractivity contribution in [2.24, 2.45) is 5.73 Å². The monoisotopic (exact) mass is 467 g/mol. The second-order valence-electron chi connectivity index (χ2n) is 8.07. The smallest absolute Gasteiger partial charge is 0.255 e. The van der Waals surface area contributed by atoms with Gasteiger partial charge in [0.05, 0.1) is 17.8 Å². The van der Waals surface area contributed by atoms with Crippen LogP contribution in [-0.2, 0) is 11.3 Å². The number of carbonyl (C=O) groups excluding carboxylic acids is 3. The van der Waals surface area contributed by atoms with Crippen LogP contribution in [0.4, 0.5) is 0 Å². The van der Waals surface area contributed by atoms with Gasteiger partial charge in [0.1, 0.15) is 5.69 Å². The lowest BCUT2D eigenvalue weighted by atomic mass is 10.1. The van der Waals surface area contributed by atoms with Crippen LogP contribution in [0.3, 0.4) is 0 Å². The first kappa shape index (κ1) is 23.4. The molecule has 176 valence electrons. The minimum atomic E-state index is -0.613. The number of rotatable bonds is 8. The molecule has 4 N–H and O–H groups in total. The maximum Gasteiger partial charge on any atom is 0.255 e.